The van der Waals surface area contributed by atoms with E-state index in [0.717, 1.165) is 62.9 Å². The number of aliphatic hydroxyl groups is 1. The Morgan fingerprint density at radius 3 is 2.31 bits per heavy atom. The number of piperazine rings is 1. The highest BCUT2D eigenvalue weighted by atomic mass is 16.3. The molecule has 1 aromatic carbocycles. The normalized spacial score (nSPS) is 17.3. The number of benzene rings is 1. The van der Waals surface area contributed by atoms with Crippen molar-refractivity contribution < 1.29 is 5.11 Å². The molecule has 4 aromatic rings. The molecule has 0 spiro atoms. The van der Waals surface area contributed by atoms with Crippen molar-refractivity contribution in [2.24, 2.45) is 0 Å². The predicted molar refractivity (Wildman–Crippen MR) is 148 cm³/mol. The fraction of sp³-hybridized carbons (Fsp3) is 0.407. The zero-order chi connectivity index (χ0) is 26.5. The summed E-state index contributed by atoms with van der Waals surface area (Å²) >= 11 is 0. The lowest BCUT2D eigenvalue weighted by atomic mass is 9.92. The van der Waals surface area contributed by atoms with Gasteiger partial charge in [-0.2, -0.15) is 10.1 Å². The molecule has 39 heavy (non-hydrogen) atoms. The van der Waals surface area contributed by atoms with Crippen LogP contribution in [-0.4, -0.2) is 84.7 Å². The standard InChI is InChI=1S/C27H33N11O/c39-27(6-8-28-9-7-27)19-38-18-23(17-33-38)34-24-31-20-32-26(35-24)37-12-10-36(11-13-37)25-29-15-22(16-30-25)14-21-4-2-1-3-5-21/h1-5,15-18,20,28,39H,6-14,19H2,(H,31,32,34,35). The van der Waals surface area contributed by atoms with Gasteiger partial charge in [0.25, 0.3) is 0 Å². The Hall–Kier alpha value is -4.16. The van der Waals surface area contributed by atoms with Gasteiger partial charge in [0.1, 0.15) is 6.33 Å². The summed E-state index contributed by atoms with van der Waals surface area (Å²) in [5.41, 5.74) is 2.38. The summed E-state index contributed by atoms with van der Waals surface area (Å²) in [6, 6.07) is 10.3. The van der Waals surface area contributed by atoms with Crippen LogP contribution in [0.3, 0.4) is 0 Å². The van der Waals surface area contributed by atoms with Crippen molar-refractivity contribution in [3.63, 3.8) is 0 Å². The maximum atomic E-state index is 10.8. The summed E-state index contributed by atoms with van der Waals surface area (Å²) in [6.45, 7) is 5.16. The third kappa shape index (κ3) is 6.29. The quantitative estimate of drug-likeness (QED) is 0.309. The number of hydrogen-bond acceptors (Lipinski definition) is 11. The van der Waals surface area contributed by atoms with Crippen molar-refractivity contribution in [3.05, 3.63) is 72.6 Å². The molecule has 3 N–H and O–H groups in total. The molecule has 0 unspecified atom stereocenters. The third-order valence-electron chi connectivity index (χ3n) is 7.23. The first-order valence-corrected chi connectivity index (χ1v) is 13.4. The van der Waals surface area contributed by atoms with Crippen LogP contribution in [-0.2, 0) is 13.0 Å². The van der Waals surface area contributed by atoms with Crippen LogP contribution in [0.1, 0.15) is 24.0 Å². The molecule has 2 fully saturated rings. The number of nitrogens with one attached hydrogen (secondary N) is 2. The van der Waals surface area contributed by atoms with Crippen molar-refractivity contribution in [3.8, 4) is 0 Å². The number of piperidine rings is 1. The summed E-state index contributed by atoms with van der Waals surface area (Å²) in [5, 5.41) is 21.7. The van der Waals surface area contributed by atoms with E-state index in [9.17, 15) is 5.11 Å². The van der Waals surface area contributed by atoms with Gasteiger partial charge >= 0.3 is 0 Å². The van der Waals surface area contributed by atoms with Gasteiger partial charge in [-0.15, -0.1) is 0 Å². The summed E-state index contributed by atoms with van der Waals surface area (Å²) in [5.74, 6) is 1.83. The summed E-state index contributed by atoms with van der Waals surface area (Å²) in [4.78, 5) is 26.9. The third-order valence-corrected chi connectivity index (χ3v) is 7.23. The molecule has 6 rings (SSSR count). The lowest BCUT2D eigenvalue weighted by Gasteiger charge is -2.34. The fourth-order valence-electron chi connectivity index (χ4n) is 5.04. The second kappa shape index (κ2) is 11.3. The van der Waals surface area contributed by atoms with Gasteiger partial charge < -0.3 is 25.5 Å². The summed E-state index contributed by atoms with van der Waals surface area (Å²) in [6.07, 6.45) is 11.2. The molecule has 0 bridgehead atoms. The minimum Gasteiger partial charge on any atom is -0.388 e. The highest BCUT2D eigenvalue weighted by molar-refractivity contribution is 5.51. The van der Waals surface area contributed by atoms with E-state index in [-0.39, 0.29) is 0 Å². The maximum Gasteiger partial charge on any atom is 0.232 e. The second-order valence-electron chi connectivity index (χ2n) is 10.2. The van der Waals surface area contributed by atoms with E-state index in [0.29, 0.717) is 31.3 Å². The van der Waals surface area contributed by atoms with E-state index in [1.807, 2.05) is 36.8 Å². The number of aromatic nitrogens is 7. The van der Waals surface area contributed by atoms with Crippen molar-refractivity contribution in [2.75, 3.05) is 54.4 Å². The Morgan fingerprint density at radius 2 is 1.56 bits per heavy atom. The molecule has 2 aliphatic rings. The Morgan fingerprint density at radius 1 is 0.846 bits per heavy atom. The van der Waals surface area contributed by atoms with E-state index in [1.165, 1.54) is 11.9 Å². The fourth-order valence-corrected chi connectivity index (χ4v) is 5.04. The largest absolute Gasteiger partial charge is 0.388 e. The maximum absolute atomic E-state index is 10.8. The average Bonchev–Trinajstić information content (AvgIpc) is 3.40. The molecule has 0 amide bonds. The number of rotatable bonds is 8. The summed E-state index contributed by atoms with van der Waals surface area (Å²) in [7, 11) is 0. The number of nitrogens with zero attached hydrogens (tertiary/aromatic N) is 9. The van der Waals surface area contributed by atoms with Crippen LogP contribution in [0.4, 0.5) is 23.5 Å². The van der Waals surface area contributed by atoms with Gasteiger partial charge in [0, 0.05) is 51.2 Å². The Kier molecular flexibility index (Phi) is 7.28. The van der Waals surface area contributed by atoms with Crippen LogP contribution >= 0.6 is 0 Å². The van der Waals surface area contributed by atoms with E-state index < -0.39 is 5.60 Å². The van der Waals surface area contributed by atoms with Gasteiger partial charge in [0.2, 0.25) is 17.8 Å². The lowest BCUT2D eigenvalue weighted by molar-refractivity contribution is -0.00821. The minimum absolute atomic E-state index is 0.458. The molecule has 2 saturated heterocycles. The van der Waals surface area contributed by atoms with Crippen molar-refractivity contribution in [2.45, 2.75) is 31.4 Å². The second-order valence-corrected chi connectivity index (χ2v) is 10.2. The molecule has 12 heteroatoms. The van der Waals surface area contributed by atoms with E-state index in [2.05, 4.69) is 62.6 Å². The highest BCUT2D eigenvalue weighted by Crippen LogP contribution is 2.22. The van der Waals surface area contributed by atoms with Crippen LogP contribution in [0, 0.1) is 0 Å². The number of anilines is 4. The molecule has 2 aliphatic heterocycles. The molecule has 0 saturated carbocycles. The van der Waals surface area contributed by atoms with Gasteiger partial charge in [-0.05, 0) is 37.1 Å². The predicted octanol–water partition coefficient (Wildman–Crippen LogP) is 1.63. The van der Waals surface area contributed by atoms with E-state index in [4.69, 9.17) is 0 Å². The van der Waals surface area contributed by atoms with Crippen LogP contribution < -0.4 is 20.4 Å². The average molecular weight is 528 g/mol. The first-order valence-electron chi connectivity index (χ1n) is 13.4. The Balaban J connectivity index is 1.03. The van der Waals surface area contributed by atoms with E-state index in [1.54, 1.807) is 10.9 Å². The molecular weight excluding hydrogens is 494 g/mol. The van der Waals surface area contributed by atoms with Gasteiger partial charge in [-0.25, -0.2) is 19.9 Å². The van der Waals surface area contributed by atoms with Crippen LogP contribution in [0.15, 0.2) is 61.4 Å². The zero-order valence-electron chi connectivity index (χ0n) is 21.8. The molecule has 0 radical (unpaired) electrons. The molecule has 0 aliphatic carbocycles. The molecule has 5 heterocycles. The van der Waals surface area contributed by atoms with Gasteiger partial charge in [-0.1, -0.05) is 30.3 Å². The van der Waals surface area contributed by atoms with Gasteiger partial charge in [-0.3, -0.25) is 4.68 Å². The van der Waals surface area contributed by atoms with Crippen LogP contribution in [0.2, 0.25) is 0 Å². The van der Waals surface area contributed by atoms with Crippen LogP contribution in [0.5, 0.6) is 0 Å². The van der Waals surface area contributed by atoms with Crippen molar-refractivity contribution in [1.29, 1.82) is 0 Å². The first kappa shape index (κ1) is 25.1. The van der Waals surface area contributed by atoms with Gasteiger partial charge in [0.05, 0.1) is 24.0 Å². The molecule has 12 nitrogen and oxygen atoms in total. The number of hydrogen-bond donors (Lipinski definition) is 3. The van der Waals surface area contributed by atoms with Gasteiger partial charge in [0.15, 0.2) is 0 Å². The first-order chi connectivity index (χ1) is 19.1. The topological polar surface area (TPSA) is 133 Å². The minimum atomic E-state index is -0.730. The lowest BCUT2D eigenvalue weighted by Crippen LogP contribution is -2.47. The smallest absolute Gasteiger partial charge is 0.232 e. The highest BCUT2D eigenvalue weighted by Gasteiger charge is 2.30. The Bertz CT molecular complexity index is 1350. The monoisotopic (exact) mass is 527 g/mol. The Labute approximate surface area is 227 Å². The molecule has 0 atom stereocenters. The molecule has 202 valence electrons. The zero-order valence-corrected chi connectivity index (χ0v) is 21.8. The van der Waals surface area contributed by atoms with Crippen molar-refractivity contribution in [1.82, 2.24) is 40.0 Å². The van der Waals surface area contributed by atoms with Crippen molar-refractivity contribution >= 4 is 23.5 Å². The summed E-state index contributed by atoms with van der Waals surface area (Å²) < 4.78 is 1.77. The molecule has 3 aromatic heterocycles. The molecular formula is C27H33N11O. The van der Waals surface area contributed by atoms with E-state index >= 15 is 0 Å². The van der Waals surface area contributed by atoms with Crippen LogP contribution in [0.25, 0.3) is 0 Å². The SMILES string of the molecule is OC1(Cn2cc(Nc3ncnc(N4CCN(c5ncc(Cc6ccccc6)cn5)CC4)n3)cn2)CCNCC1.